The van der Waals surface area contributed by atoms with Gasteiger partial charge in [-0.25, -0.2) is 13.6 Å². The van der Waals surface area contributed by atoms with Gasteiger partial charge in [-0.05, 0) is 50.1 Å². The van der Waals surface area contributed by atoms with Gasteiger partial charge in [0, 0.05) is 25.4 Å². The Hall–Kier alpha value is -0.900. The fraction of sp³-hybridized carbons (Fsp3) is 0.250. The first kappa shape index (κ1) is 16.5. The van der Waals surface area contributed by atoms with E-state index in [1.54, 1.807) is 10.9 Å². The molecule has 1 aromatic heterocycles. The Balaban J connectivity index is 2.12. The first-order valence-corrected chi connectivity index (χ1v) is 9.04. The van der Waals surface area contributed by atoms with Crippen LogP contribution in [0.15, 0.2) is 38.2 Å². The standard InChI is InChI=1S/C12H13Br2N3O3S/c1-17-8(2-4-16-17)3-5-20-12-10(13)6-9(7-11(12)14)21(15,18)19/h2,4,6-7H,3,5H2,1H3,(H2,15,18,19). The zero-order valence-corrected chi connectivity index (χ0v) is 15.1. The molecule has 0 aliphatic heterocycles. The van der Waals surface area contributed by atoms with Gasteiger partial charge in [0.05, 0.1) is 20.4 Å². The lowest BCUT2D eigenvalue weighted by Crippen LogP contribution is -2.12. The number of halogens is 2. The quantitative estimate of drug-likeness (QED) is 0.775. The van der Waals surface area contributed by atoms with Crippen LogP contribution in [0.2, 0.25) is 0 Å². The summed E-state index contributed by atoms with van der Waals surface area (Å²) in [4.78, 5) is 0.0141. The lowest BCUT2D eigenvalue weighted by atomic mass is 10.3. The van der Waals surface area contributed by atoms with Crippen molar-refractivity contribution in [2.24, 2.45) is 12.2 Å². The molecule has 0 fully saturated rings. The number of sulfonamides is 1. The number of nitrogens with zero attached hydrogens (tertiary/aromatic N) is 2. The van der Waals surface area contributed by atoms with Crippen molar-refractivity contribution in [1.29, 1.82) is 0 Å². The zero-order valence-electron chi connectivity index (χ0n) is 11.1. The van der Waals surface area contributed by atoms with Crippen molar-refractivity contribution >= 4 is 41.9 Å². The van der Waals surface area contributed by atoms with Crippen molar-refractivity contribution in [3.8, 4) is 5.75 Å². The summed E-state index contributed by atoms with van der Waals surface area (Å²) in [6.45, 7) is 0.436. The molecule has 0 saturated heterocycles. The van der Waals surface area contributed by atoms with Crippen LogP contribution in [0.25, 0.3) is 0 Å². The maximum Gasteiger partial charge on any atom is 0.238 e. The molecule has 2 N–H and O–H groups in total. The molecule has 2 aromatic rings. The van der Waals surface area contributed by atoms with Gasteiger partial charge in [-0.15, -0.1) is 0 Å². The number of rotatable bonds is 5. The third-order valence-electron chi connectivity index (χ3n) is 2.83. The summed E-state index contributed by atoms with van der Waals surface area (Å²) in [5, 5.41) is 9.18. The van der Waals surface area contributed by atoms with Gasteiger partial charge >= 0.3 is 0 Å². The van der Waals surface area contributed by atoms with Crippen LogP contribution in [0.3, 0.4) is 0 Å². The maximum absolute atomic E-state index is 11.3. The monoisotopic (exact) mass is 437 g/mol. The van der Waals surface area contributed by atoms with Crippen LogP contribution in [0, 0.1) is 0 Å². The number of benzene rings is 1. The third-order valence-corrected chi connectivity index (χ3v) is 4.90. The molecule has 1 heterocycles. The molecule has 0 bridgehead atoms. The molecule has 0 aliphatic carbocycles. The van der Waals surface area contributed by atoms with Crippen molar-refractivity contribution in [2.75, 3.05) is 6.61 Å². The van der Waals surface area contributed by atoms with E-state index in [0.29, 0.717) is 27.7 Å². The maximum atomic E-state index is 11.3. The molecule has 21 heavy (non-hydrogen) atoms. The van der Waals surface area contributed by atoms with E-state index in [0.717, 1.165) is 5.69 Å². The van der Waals surface area contributed by atoms with Crippen molar-refractivity contribution in [3.63, 3.8) is 0 Å². The Morgan fingerprint density at radius 1 is 1.33 bits per heavy atom. The predicted octanol–water partition coefficient (Wildman–Crippen LogP) is 2.21. The minimum absolute atomic E-state index is 0.0141. The van der Waals surface area contributed by atoms with E-state index in [1.807, 2.05) is 13.1 Å². The summed E-state index contributed by atoms with van der Waals surface area (Å²) in [5.74, 6) is 0.532. The van der Waals surface area contributed by atoms with Crippen molar-refractivity contribution in [3.05, 3.63) is 39.0 Å². The van der Waals surface area contributed by atoms with Gasteiger partial charge in [0.1, 0.15) is 5.75 Å². The highest BCUT2D eigenvalue weighted by Crippen LogP contribution is 2.35. The fourth-order valence-corrected chi connectivity index (χ4v) is 4.03. The summed E-state index contributed by atoms with van der Waals surface area (Å²) < 4.78 is 31.2. The topological polar surface area (TPSA) is 87.2 Å². The smallest absolute Gasteiger partial charge is 0.238 e. The summed E-state index contributed by atoms with van der Waals surface area (Å²) in [6.07, 6.45) is 2.41. The number of hydrogen-bond acceptors (Lipinski definition) is 4. The average molecular weight is 439 g/mol. The summed E-state index contributed by atoms with van der Waals surface area (Å²) in [7, 11) is -1.89. The summed E-state index contributed by atoms with van der Waals surface area (Å²) >= 11 is 6.58. The van der Waals surface area contributed by atoms with E-state index in [9.17, 15) is 8.42 Å². The minimum atomic E-state index is -3.75. The molecule has 2 rings (SSSR count). The Morgan fingerprint density at radius 3 is 2.43 bits per heavy atom. The molecule has 9 heteroatoms. The second-order valence-corrected chi connectivity index (χ2v) is 7.58. The molecule has 1 aromatic carbocycles. The molecule has 114 valence electrons. The van der Waals surface area contributed by atoms with Crippen LogP contribution in [0.4, 0.5) is 0 Å². The first-order chi connectivity index (χ1) is 9.79. The molecule has 0 saturated carbocycles. The lowest BCUT2D eigenvalue weighted by Gasteiger charge is -2.11. The Kier molecular flexibility index (Phi) is 5.07. The van der Waals surface area contributed by atoms with Crippen LogP contribution < -0.4 is 9.88 Å². The van der Waals surface area contributed by atoms with E-state index in [2.05, 4.69) is 37.0 Å². The van der Waals surface area contributed by atoms with Gasteiger partial charge in [-0.2, -0.15) is 5.10 Å². The third kappa shape index (κ3) is 4.06. The average Bonchev–Trinajstić information content (AvgIpc) is 2.77. The second-order valence-electron chi connectivity index (χ2n) is 4.31. The van der Waals surface area contributed by atoms with Gasteiger partial charge in [-0.3, -0.25) is 4.68 Å². The van der Waals surface area contributed by atoms with Crippen molar-refractivity contribution in [1.82, 2.24) is 9.78 Å². The highest BCUT2D eigenvalue weighted by atomic mass is 79.9. The van der Waals surface area contributed by atoms with Crippen LogP contribution in [0.1, 0.15) is 5.69 Å². The van der Waals surface area contributed by atoms with E-state index < -0.39 is 10.0 Å². The summed E-state index contributed by atoms with van der Waals surface area (Å²) in [5.41, 5.74) is 1.04. The number of aryl methyl sites for hydroxylation is 1. The molecule has 0 atom stereocenters. The number of ether oxygens (including phenoxy) is 1. The van der Waals surface area contributed by atoms with Crippen LogP contribution in [-0.2, 0) is 23.5 Å². The summed E-state index contributed by atoms with van der Waals surface area (Å²) in [6, 6.07) is 4.75. The SMILES string of the molecule is Cn1nccc1CCOc1c(Br)cc(S(N)(=O)=O)cc1Br. The molecular weight excluding hydrogens is 426 g/mol. The van der Waals surface area contributed by atoms with Gasteiger partial charge in [0.25, 0.3) is 0 Å². The molecule has 0 unspecified atom stereocenters. The van der Waals surface area contributed by atoms with E-state index in [4.69, 9.17) is 9.88 Å². The number of primary sulfonamides is 1. The van der Waals surface area contributed by atoms with E-state index in [-0.39, 0.29) is 4.90 Å². The molecular formula is C12H13Br2N3O3S. The van der Waals surface area contributed by atoms with Gasteiger partial charge in [0.2, 0.25) is 10.0 Å². The molecule has 6 nitrogen and oxygen atoms in total. The van der Waals surface area contributed by atoms with Crippen LogP contribution in [0.5, 0.6) is 5.75 Å². The minimum Gasteiger partial charge on any atom is -0.491 e. The lowest BCUT2D eigenvalue weighted by molar-refractivity contribution is 0.314. The van der Waals surface area contributed by atoms with Crippen LogP contribution >= 0.6 is 31.9 Å². The largest absolute Gasteiger partial charge is 0.491 e. The predicted molar refractivity (Wildman–Crippen MR) is 85.6 cm³/mol. The van der Waals surface area contributed by atoms with Crippen LogP contribution in [-0.4, -0.2) is 24.8 Å². The van der Waals surface area contributed by atoms with Gasteiger partial charge in [0.15, 0.2) is 0 Å². The fourth-order valence-electron chi connectivity index (χ4n) is 1.74. The Bertz CT molecular complexity index is 736. The number of nitrogens with two attached hydrogens (primary N) is 1. The first-order valence-electron chi connectivity index (χ1n) is 5.90. The zero-order chi connectivity index (χ0) is 15.6. The van der Waals surface area contributed by atoms with Crippen molar-refractivity contribution < 1.29 is 13.2 Å². The molecule has 0 radical (unpaired) electrons. The van der Waals surface area contributed by atoms with E-state index in [1.165, 1.54) is 12.1 Å². The number of hydrogen-bond donors (Lipinski definition) is 1. The number of aromatic nitrogens is 2. The highest BCUT2D eigenvalue weighted by Gasteiger charge is 2.15. The molecule has 0 spiro atoms. The van der Waals surface area contributed by atoms with E-state index >= 15 is 0 Å². The van der Waals surface area contributed by atoms with Gasteiger partial charge < -0.3 is 4.74 Å². The van der Waals surface area contributed by atoms with Gasteiger partial charge in [-0.1, -0.05) is 0 Å². The molecule has 0 aliphatic rings. The van der Waals surface area contributed by atoms with Crippen molar-refractivity contribution in [2.45, 2.75) is 11.3 Å². The Labute approximate surface area is 139 Å². The Morgan fingerprint density at radius 2 is 1.95 bits per heavy atom. The highest BCUT2D eigenvalue weighted by molar-refractivity contribution is 9.11. The molecule has 0 amide bonds. The normalized spacial score (nSPS) is 11.6. The second kappa shape index (κ2) is 6.47.